The third-order valence-electron chi connectivity index (χ3n) is 5.72. The fraction of sp³-hybridized carbons (Fsp3) is 0.550. The van der Waals surface area contributed by atoms with Crippen molar-refractivity contribution in [3.8, 4) is 17.0 Å². The van der Waals surface area contributed by atoms with E-state index in [4.69, 9.17) is 15.5 Å². The molecule has 0 aromatic carbocycles. The van der Waals surface area contributed by atoms with Gasteiger partial charge in [-0.2, -0.15) is 8.78 Å². The van der Waals surface area contributed by atoms with Crippen LogP contribution >= 0.6 is 0 Å². The smallest absolute Gasteiger partial charge is 0.387 e. The lowest BCUT2D eigenvalue weighted by atomic mass is 10.1. The molecule has 156 valence electrons. The van der Waals surface area contributed by atoms with Crippen LogP contribution in [0.15, 0.2) is 18.3 Å². The van der Waals surface area contributed by atoms with Gasteiger partial charge in [-0.25, -0.2) is 15.0 Å². The van der Waals surface area contributed by atoms with E-state index in [1.807, 2.05) is 13.0 Å². The van der Waals surface area contributed by atoms with Crippen LogP contribution in [0.2, 0.25) is 0 Å². The topological polar surface area (TPSA) is 86.4 Å². The Morgan fingerprint density at radius 3 is 2.66 bits per heavy atom. The Labute approximate surface area is 168 Å². The number of methoxy groups -OCH3 is 1. The van der Waals surface area contributed by atoms with Crippen LogP contribution in [0.5, 0.6) is 5.75 Å². The van der Waals surface area contributed by atoms with Gasteiger partial charge in [-0.1, -0.05) is 6.92 Å². The van der Waals surface area contributed by atoms with E-state index in [1.165, 1.54) is 12.3 Å². The van der Waals surface area contributed by atoms with Crippen LogP contribution in [0, 0.1) is 11.8 Å². The molecule has 4 rings (SSSR count). The van der Waals surface area contributed by atoms with Crippen molar-refractivity contribution in [1.29, 1.82) is 0 Å². The summed E-state index contributed by atoms with van der Waals surface area (Å²) in [5.41, 5.74) is 7.91. The lowest BCUT2D eigenvalue weighted by Gasteiger charge is -2.19. The van der Waals surface area contributed by atoms with Crippen molar-refractivity contribution < 1.29 is 18.3 Å². The Morgan fingerprint density at radius 2 is 2.00 bits per heavy atom. The molecule has 1 aliphatic heterocycles. The molecule has 0 spiro atoms. The molecule has 2 N–H and O–H groups in total. The second-order valence-corrected chi connectivity index (χ2v) is 7.54. The van der Waals surface area contributed by atoms with Crippen molar-refractivity contribution in [2.75, 3.05) is 39.1 Å². The Kier molecular flexibility index (Phi) is 5.60. The summed E-state index contributed by atoms with van der Waals surface area (Å²) < 4.78 is 34.9. The molecule has 2 fully saturated rings. The maximum atomic E-state index is 12.6. The summed E-state index contributed by atoms with van der Waals surface area (Å²) in [6.07, 6.45) is 2.21. The fourth-order valence-corrected chi connectivity index (χ4v) is 4.24. The number of fused-ring (bicyclic) bond motifs is 1. The molecule has 1 unspecified atom stereocenters. The monoisotopic (exact) mass is 405 g/mol. The number of anilines is 1. The van der Waals surface area contributed by atoms with E-state index in [0.29, 0.717) is 35.4 Å². The molecular formula is C20H25F2N5O2. The molecule has 3 heterocycles. The van der Waals surface area contributed by atoms with Crippen molar-refractivity contribution in [3.63, 3.8) is 0 Å². The normalized spacial score (nSPS) is 23.4. The Morgan fingerprint density at radius 1 is 1.24 bits per heavy atom. The van der Waals surface area contributed by atoms with Gasteiger partial charge in [0.25, 0.3) is 0 Å². The van der Waals surface area contributed by atoms with Gasteiger partial charge in [0.1, 0.15) is 5.82 Å². The van der Waals surface area contributed by atoms with Crippen molar-refractivity contribution >= 4 is 5.82 Å². The Bertz CT molecular complexity index is 870. The van der Waals surface area contributed by atoms with Gasteiger partial charge >= 0.3 is 6.61 Å². The average Bonchev–Trinajstić information content (AvgIpc) is 3.22. The van der Waals surface area contributed by atoms with E-state index in [-0.39, 0.29) is 11.6 Å². The standard InChI is InChI=1S/C20H25F2N5O2/c1-3-17-25-14(11-6-16(29-20(21)22)19(23)24-8-11)7-15(26-17)18-12-9-27(4-5-28-2)10-13(12)18/h6-8,12-13,18,20H,3-5,9-10H2,1-2H3,(H2,23,24)/t12-,13+,18?. The molecule has 1 aliphatic carbocycles. The maximum Gasteiger partial charge on any atom is 0.387 e. The molecule has 7 nitrogen and oxygen atoms in total. The van der Waals surface area contributed by atoms with Crippen molar-refractivity contribution in [2.45, 2.75) is 25.9 Å². The van der Waals surface area contributed by atoms with Crippen LogP contribution in [0.25, 0.3) is 11.3 Å². The number of likely N-dealkylation sites (tertiary alicyclic amines) is 1. The highest BCUT2D eigenvalue weighted by molar-refractivity contribution is 5.64. The molecule has 2 aliphatic rings. The summed E-state index contributed by atoms with van der Waals surface area (Å²) in [4.78, 5) is 15.7. The number of aryl methyl sites for hydroxylation is 1. The minimum Gasteiger partial charge on any atom is -0.431 e. The van der Waals surface area contributed by atoms with E-state index in [1.54, 1.807) is 7.11 Å². The number of aromatic nitrogens is 3. The number of nitrogen functional groups attached to an aromatic ring is 1. The molecule has 0 radical (unpaired) electrons. The van der Waals surface area contributed by atoms with E-state index in [9.17, 15) is 8.78 Å². The first-order valence-corrected chi connectivity index (χ1v) is 9.80. The maximum absolute atomic E-state index is 12.6. The quantitative estimate of drug-likeness (QED) is 0.722. The Balaban J connectivity index is 1.56. The minimum absolute atomic E-state index is 0.0769. The third-order valence-corrected chi connectivity index (χ3v) is 5.72. The predicted molar refractivity (Wildman–Crippen MR) is 104 cm³/mol. The number of piperidine rings is 1. The highest BCUT2D eigenvalue weighted by Gasteiger charge is 2.56. The van der Waals surface area contributed by atoms with Crippen molar-refractivity contribution in [2.24, 2.45) is 11.8 Å². The second-order valence-electron chi connectivity index (χ2n) is 7.54. The SMILES string of the molecule is CCc1nc(-c2cnc(N)c(OC(F)F)c2)cc(C2[C@H]3CN(CCOC)C[C@@H]23)n1. The number of pyridine rings is 1. The number of nitrogens with two attached hydrogens (primary N) is 1. The van der Waals surface area contributed by atoms with Gasteiger partial charge in [-0.05, 0) is 24.0 Å². The van der Waals surface area contributed by atoms with Gasteiger partial charge in [-0.15, -0.1) is 0 Å². The first-order valence-electron chi connectivity index (χ1n) is 9.80. The van der Waals surface area contributed by atoms with Crippen LogP contribution < -0.4 is 10.5 Å². The summed E-state index contributed by atoms with van der Waals surface area (Å²) in [7, 11) is 1.72. The Hall–Kier alpha value is -2.39. The number of hydrogen-bond acceptors (Lipinski definition) is 7. The highest BCUT2D eigenvalue weighted by atomic mass is 19.3. The molecule has 2 aromatic heterocycles. The summed E-state index contributed by atoms with van der Waals surface area (Å²) in [5, 5.41) is 0. The van der Waals surface area contributed by atoms with Gasteiger partial charge in [-0.3, -0.25) is 0 Å². The van der Waals surface area contributed by atoms with Crippen LogP contribution in [0.3, 0.4) is 0 Å². The fourth-order valence-electron chi connectivity index (χ4n) is 4.24. The largest absolute Gasteiger partial charge is 0.431 e. The van der Waals surface area contributed by atoms with Crippen LogP contribution in [0.4, 0.5) is 14.6 Å². The van der Waals surface area contributed by atoms with E-state index >= 15 is 0 Å². The van der Waals surface area contributed by atoms with Gasteiger partial charge in [0, 0.05) is 56.5 Å². The lowest BCUT2D eigenvalue weighted by molar-refractivity contribution is -0.0494. The van der Waals surface area contributed by atoms with Gasteiger partial charge in [0.15, 0.2) is 11.6 Å². The lowest BCUT2D eigenvalue weighted by Crippen LogP contribution is -2.28. The van der Waals surface area contributed by atoms with E-state index in [0.717, 1.165) is 37.8 Å². The molecular weight excluding hydrogens is 380 g/mol. The molecule has 29 heavy (non-hydrogen) atoms. The zero-order chi connectivity index (χ0) is 20.5. The minimum atomic E-state index is -2.96. The van der Waals surface area contributed by atoms with Crippen molar-refractivity contribution in [1.82, 2.24) is 19.9 Å². The summed E-state index contributed by atoms with van der Waals surface area (Å²) in [5.74, 6) is 2.12. The number of hydrogen-bond donors (Lipinski definition) is 1. The molecule has 0 amide bonds. The van der Waals surface area contributed by atoms with Gasteiger partial charge < -0.3 is 20.1 Å². The predicted octanol–water partition coefficient (Wildman–Crippen LogP) is 2.58. The summed E-state index contributed by atoms with van der Waals surface area (Å²) in [6.45, 7) is 2.83. The molecule has 1 saturated heterocycles. The molecule has 9 heteroatoms. The van der Waals surface area contributed by atoms with Gasteiger partial charge in [0.2, 0.25) is 0 Å². The average molecular weight is 405 g/mol. The molecule has 0 bridgehead atoms. The number of halogens is 2. The molecule has 2 aromatic rings. The first kappa shape index (κ1) is 19.9. The number of alkyl halides is 2. The molecule has 3 atom stereocenters. The summed E-state index contributed by atoms with van der Waals surface area (Å²) >= 11 is 0. The van der Waals surface area contributed by atoms with Crippen LogP contribution in [-0.2, 0) is 11.2 Å². The second kappa shape index (κ2) is 8.16. The van der Waals surface area contributed by atoms with Gasteiger partial charge in [0.05, 0.1) is 12.3 Å². The first-order chi connectivity index (χ1) is 14.0. The molecule has 1 saturated carbocycles. The summed E-state index contributed by atoms with van der Waals surface area (Å²) in [6, 6.07) is 3.40. The highest BCUT2D eigenvalue weighted by Crippen LogP contribution is 2.57. The van der Waals surface area contributed by atoms with E-state index < -0.39 is 6.61 Å². The number of rotatable bonds is 8. The van der Waals surface area contributed by atoms with E-state index in [2.05, 4.69) is 19.6 Å². The zero-order valence-corrected chi connectivity index (χ0v) is 16.5. The zero-order valence-electron chi connectivity index (χ0n) is 16.5. The number of ether oxygens (including phenoxy) is 2. The number of nitrogens with zero attached hydrogens (tertiary/aromatic N) is 4. The van der Waals surface area contributed by atoms with Crippen LogP contribution in [0.1, 0.15) is 24.4 Å². The van der Waals surface area contributed by atoms with Crippen LogP contribution in [-0.4, -0.2) is 59.8 Å². The third kappa shape index (κ3) is 4.16. The van der Waals surface area contributed by atoms with Crippen molar-refractivity contribution in [3.05, 3.63) is 29.8 Å².